The molecule has 0 bridgehead atoms. The summed E-state index contributed by atoms with van der Waals surface area (Å²) in [6.07, 6.45) is 4.04. The van der Waals surface area contributed by atoms with E-state index in [1.807, 2.05) is 43.5 Å². The Kier molecular flexibility index (Phi) is 6.07. The highest BCUT2D eigenvalue weighted by Gasteiger charge is 2.19. The highest BCUT2D eigenvalue weighted by molar-refractivity contribution is 6.35. The van der Waals surface area contributed by atoms with E-state index in [1.165, 1.54) is 0 Å². The van der Waals surface area contributed by atoms with Crippen LogP contribution in [0, 0.1) is 6.92 Å². The Morgan fingerprint density at radius 3 is 2.75 bits per heavy atom. The van der Waals surface area contributed by atoms with Crippen molar-refractivity contribution >= 4 is 34.1 Å². The van der Waals surface area contributed by atoms with Crippen LogP contribution >= 0.6 is 11.6 Å². The highest BCUT2D eigenvalue weighted by atomic mass is 35.5. The molecule has 4 aromatic heterocycles. The predicted molar refractivity (Wildman–Crippen MR) is 140 cm³/mol. The zero-order chi connectivity index (χ0) is 25.4. The minimum absolute atomic E-state index is 0.317. The number of nitrogen functional groups attached to an aromatic ring is 1. The molecule has 5 aromatic rings. The Hall–Kier alpha value is -4.02. The van der Waals surface area contributed by atoms with Crippen molar-refractivity contribution in [2.24, 2.45) is 0 Å². The summed E-state index contributed by atoms with van der Waals surface area (Å²) in [4.78, 5) is 14.1. The largest absolute Gasteiger partial charge is 0.384 e. The van der Waals surface area contributed by atoms with Crippen molar-refractivity contribution < 1.29 is 5.11 Å². The first-order valence-corrected chi connectivity index (χ1v) is 11.8. The van der Waals surface area contributed by atoms with Crippen molar-refractivity contribution in [3.8, 4) is 17.1 Å². The van der Waals surface area contributed by atoms with E-state index in [4.69, 9.17) is 22.3 Å². The van der Waals surface area contributed by atoms with Gasteiger partial charge in [-0.25, -0.2) is 19.6 Å². The Morgan fingerprint density at radius 2 is 2.00 bits per heavy atom. The quantitative estimate of drug-likeness (QED) is 0.260. The summed E-state index contributed by atoms with van der Waals surface area (Å²) in [5.74, 6) is 1.48. The van der Waals surface area contributed by atoms with Crippen molar-refractivity contribution in [3.63, 3.8) is 0 Å². The molecule has 0 saturated carbocycles. The fourth-order valence-electron chi connectivity index (χ4n) is 3.88. The van der Waals surface area contributed by atoms with Crippen LogP contribution in [0.4, 0.5) is 11.6 Å². The maximum absolute atomic E-state index is 10.2. The maximum Gasteiger partial charge on any atom is 0.182 e. The van der Waals surface area contributed by atoms with Crippen LogP contribution < -0.4 is 11.1 Å². The van der Waals surface area contributed by atoms with Gasteiger partial charge in [-0.1, -0.05) is 17.7 Å². The van der Waals surface area contributed by atoms with E-state index in [-0.39, 0.29) is 0 Å². The van der Waals surface area contributed by atoms with E-state index in [2.05, 4.69) is 30.6 Å². The van der Waals surface area contributed by atoms with Gasteiger partial charge >= 0.3 is 0 Å². The number of aromatic amines is 1. The summed E-state index contributed by atoms with van der Waals surface area (Å²) in [5, 5.41) is 26.4. The SMILES string of the molecule is Cc1ccn(-c2nc(N)c(CCNc3cccc(C(C)(C)O)n3)nc2-c2cc(Cl)c3[nH]ncc3c2)n1. The van der Waals surface area contributed by atoms with Crippen LogP contribution in [0.2, 0.25) is 5.02 Å². The molecule has 1 aromatic carbocycles. The van der Waals surface area contributed by atoms with Crippen LogP contribution in [0.15, 0.2) is 48.8 Å². The molecule has 0 atom stereocenters. The van der Waals surface area contributed by atoms with Crippen LogP contribution in [0.1, 0.15) is 30.9 Å². The number of pyridine rings is 1. The molecule has 0 spiro atoms. The van der Waals surface area contributed by atoms with Gasteiger partial charge in [-0.05, 0) is 51.1 Å². The van der Waals surface area contributed by atoms with E-state index in [1.54, 1.807) is 30.8 Å². The topological polar surface area (TPSA) is 143 Å². The number of rotatable bonds is 7. The molecule has 36 heavy (non-hydrogen) atoms. The van der Waals surface area contributed by atoms with Gasteiger partial charge in [0.25, 0.3) is 0 Å². The highest BCUT2D eigenvalue weighted by Crippen LogP contribution is 2.32. The molecule has 0 amide bonds. The first kappa shape index (κ1) is 23.7. The van der Waals surface area contributed by atoms with Gasteiger partial charge in [-0.3, -0.25) is 5.10 Å². The number of nitrogens with zero attached hydrogens (tertiary/aromatic N) is 6. The fraction of sp³-hybridized carbons (Fsp3) is 0.240. The molecule has 10 nitrogen and oxygen atoms in total. The van der Waals surface area contributed by atoms with Gasteiger partial charge in [0.15, 0.2) is 5.82 Å². The summed E-state index contributed by atoms with van der Waals surface area (Å²) in [7, 11) is 0. The third-order valence-corrected chi connectivity index (χ3v) is 6.04. The summed E-state index contributed by atoms with van der Waals surface area (Å²) in [6, 6.07) is 11.2. The third kappa shape index (κ3) is 4.73. The third-order valence-electron chi connectivity index (χ3n) is 5.74. The maximum atomic E-state index is 10.2. The summed E-state index contributed by atoms with van der Waals surface area (Å²) in [6.45, 7) is 5.82. The molecule has 0 saturated heterocycles. The molecule has 0 aliphatic heterocycles. The summed E-state index contributed by atoms with van der Waals surface area (Å²) >= 11 is 6.52. The standard InChI is InChI=1S/C25H26ClN9O/c1-14-8-10-35(34-14)24-22(15-11-16-13-29-33-21(16)17(26)12-15)30-18(23(27)32-24)7-9-28-20-6-4-5-19(31-20)25(2,3)36/h4-6,8,10-13,36H,7,9H2,1-3H3,(H2,27,32)(H,28,31)(H,29,33). The number of benzene rings is 1. The smallest absolute Gasteiger partial charge is 0.182 e. The number of fused-ring (bicyclic) bond motifs is 1. The minimum Gasteiger partial charge on any atom is -0.384 e. The molecule has 5 N–H and O–H groups in total. The van der Waals surface area contributed by atoms with E-state index in [0.717, 1.165) is 22.2 Å². The number of anilines is 2. The first-order chi connectivity index (χ1) is 17.2. The zero-order valence-electron chi connectivity index (χ0n) is 20.1. The van der Waals surface area contributed by atoms with Gasteiger partial charge in [0, 0.05) is 30.1 Å². The average Bonchev–Trinajstić information content (AvgIpc) is 3.49. The first-order valence-electron chi connectivity index (χ1n) is 11.4. The second kappa shape index (κ2) is 9.21. The van der Waals surface area contributed by atoms with Crippen molar-refractivity contribution in [1.82, 2.24) is 34.9 Å². The molecule has 0 unspecified atom stereocenters. The molecular formula is C25H26ClN9O. The lowest BCUT2D eigenvalue weighted by Crippen LogP contribution is -2.18. The van der Waals surface area contributed by atoms with E-state index in [9.17, 15) is 5.11 Å². The fourth-order valence-corrected chi connectivity index (χ4v) is 4.15. The van der Waals surface area contributed by atoms with Gasteiger partial charge in [0.05, 0.1) is 33.8 Å². The van der Waals surface area contributed by atoms with Crippen LogP contribution in [-0.4, -0.2) is 46.6 Å². The van der Waals surface area contributed by atoms with Crippen LogP contribution in [0.5, 0.6) is 0 Å². The van der Waals surface area contributed by atoms with Crippen LogP contribution in [-0.2, 0) is 12.0 Å². The Morgan fingerprint density at radius 1 is 1.17 bits per heavy atom. The monoisotopic (exact) mass is 503 g/mol. The van der Waals surface area contributed by atoms with Crippen molar-refractivity contribution in [2.75, 3.05) is 17.6 Å². The van der Waals surface area contributed by atoms with Gasteiger partial charge < -0.3 is 16.2 Å². The molecular weight excluding hydrogens is 478 g/mol. The zero-order valence-corrected chi connectivity index (χ0v) is 20.9. The number of nitrogens with one attached hydrogen (secondary N) is 2. The normalized spacial score (nSPS) is 11.8. The average molecular weight is 504 g/mol. The lowest BCUT2D eigenvalue weighted by molar-refractivity contribution is 0.0740. The Bertz CT molecular complexity index is 1550. The molecule has 0 radical (unpaired) electrons. The summed E-state index contributed by atoms with van der Waals surface area (Å²) < 4.78 is 1.66. The number of halogens is 1. The predicted octanol–water partition coefficient (Wildman–Crippen LogP) is 4.03. The van der Waals surface area contributed by atoms with Gasteiger partial charge in [0.2, 0.25) is 0 Å². The molecule has 0 aliphatic carbocycles. The lowest BCUT2D eigenvalue weighted by atomic mass is 10.1. The number of aliphatic hydroxyl groups is 1. The van der Waals surface area contributed by atoms with Crippen LogP contribution in [0.25, 0.3) is 28.0 Å². The van der Waals surface area contributed by atoms with E-state index < -0.39 is 5.60 Å². The van der Waals surface area contributed by atoms with Crippen LogP contribution in [0.3, 0.4) is 0 Å². The molecule has 11 heteroatoms. The molecule has 184 valence electrons. The summed E-state index contributed by atoms with van der Waals surface area (Å²) in [5.41, 5.74) is 9.52. The van der Waals surface area contributed by atoms with E-state index in [0.29, 0.717) is 52.5 Å². The van der Waals surface area contributed by atoms with Crippen molar-refractivity contribution in [1.29, 1.82) is 0 Å². The van der Waals surface area contributed by atoms with E-state index >= 15 is 0 Å². The Labute approximate surface area is 212 Å². The molecule has 0 aliphatic rings. The number of hydrogen-bond acceptors (Lipinski definition) is 8. The number of nitrogens with two attached hydrogens (primary N) is 1. The van der Waals surface area contributed by atoms with Crippen molar-refractivity contribution in [3.05, 3.63) is 70.9 Å². The number of H-pyrrole nitrogens is 1. The molecule has 5 rings (SSSR count). The van der Waals surface area contributed by atoms with Gasteiger partial charge in [0.1, 0.15) is 22.9 Å². The van der Waals surface area contributed by atoms with Crippen molar-refractivity contribution in [2.45, 2.75) is 32.8 Å². The number of hydrogen-bond donors (Lipinski definition) is 4. The molecule has 0 fully saturated rings. The molecule has 4 heterocycles. The number of aryl methyl sites for hydroxylation is 1. The number of aromatic nitrogens is 7. The lowest BCUT2D eigenvalue weighted by Gasteiger charge is -2.17. The minimum atomic E-state index is -1.03. The second-order valence-electron chi connectivity index (χ2n) is 9.07. The Balaban J connectivity index is 1.49. The second-order valence-corrected chi connectivity index (χ2v) is 9.47. The van der Waals surface area contributed by atoms with Gasteiger partial charge in [-0.15, -0.1) is 0 Å². The van der Waals surface area contributed by atoms with Gasteiger partial charge in [-0.2, -0.15) is 10.2 Å².